The lowest BCUT2D eigenvalue weighted by atomic mass is 9.85. The summed E-state index contributed by atoms with van der Waals surface area (Å²) in [6.45, 7) is 0.579. The summed E-state index contributed by atoms with van der Waals surface area (Å²) in [5.41, 5.74) is 0. The Balaban J connectivity index is 2.01. The number of rotatable bonds is 4. The van der Waals surface area contributed by atoms with Crippen molar-refractivity contribution in [1.82, 2.24) is 14.5 Å². The summed E-state index contributed by atoms with van der Waals surface area (Å²) in [6, 6.07) is 0. The summed E-state index contributed by atoms with van der Waals surface area (Å²) in [5.74, 6) is 0.469. The van der Waals surface area contributed by atoms with Gasteiger partial charge in [0.05, 0.1) is 6.20 Å². The van der Waals surface area contributed by atoms with Gasteiger partial charge in [-0.25, -0.2) is 12.7 Å². The molecule has 0 bridgehead atoms. The first-order valence-corrected chi connectivity index (χ1v) is 7.45. The van der Waals surface area contributed by atoms with Crippen LogP contribution in [0.25, 0.3) is 0 Å². The molecular weight excluding hydrogens is 294 g/mol. The van der Waals surface area contributed by atoms with Gasteiger partial charge in [-0.2, -0.15) is 5.10 Å². The molecule has 1 aromatic rings. The van der Waals surface area contributed by atoms with Gasteiger partial charge in [0.25, 0.3) is 0 Å². The van der Waals surface area contributed by atoms with E-state index in [0.717, 1.165) is 12.8 Å². The maximum Gasteiger partial charge on any atom is 0.245 e. The highest BCUT2D eigenvalue weighted by molar-refractivity contribution is 9.09. The summed E-state index contributed by atoms with van der Waals surface area (Å²) in [5, 5.41) is 6.17. The fraction of sp³-hybridized carbons (Fsp3) is 0.667. The summed E-state index contributed by atoms with van der Waals surface area (Å²) in [7, 11) is -1.75. The van der Waals surface area contributed by atoms with Crippen LogP contribution in [-0.2, 0) is 10.0 Å². The Hall–Kier alpha value is -0.400. The van der Waals surface area contributed by atoms with Crippen LogP contribution in [0, 0.1) is 5.92 Å². The molecule has 0 aliphatic heterocycles. The van der Waals surface area contributed by atoms with Crippen molar-refractivity contribution in [1.29, 1.82) is 0 Å². The monoisotopic (exact) mass is 307 g/mol. The topological polar surface area (TPSA) is 66.1 Å². The molecule has 0 radical (unpaired) electrons. The van der Waals surface area contributed by atoms with E-state index < -0.39 is 10.0 Å². The molecule has 1 aliphatic carbocycles. The second-order valence-corrected chi connectivity index (χ2v) is 7.49. The molecule has 0 saturated heterocycles. The molecule has 1 heterocycles. The minimum absolute atomic E-state index is 0.227. The van der Waals surface area contributed by atoms with Crippen molar-refractivity contribution in [3.8, 4) is 0 Å². The second-order valence-electron chi connectivity index (χ2n) is 4.15. The van der Waals surface area contributed by atoms with Crippen molar-refractivity contribution in [2.45, 2.75) is 22.6 Å². The predicted octanol–water partition coefficient (Wildman–Crippen LogP) is 1.20. The first kappa shape index (κ1) is 12.1. The fourth-order valence-electron chi connectivity index (χ4n) is 1.83. The molecule has 0 unspecified atom stereocenters. The number of aromatic amines is 1. The third kappa shape index (κ3) is 2.31. The molecule has 1 aromatic heterocycles. The van der Waals surface area contributed by atoms with Crippen LogP contribution in [0.15, 0.2) is 17.3 Å². The van der Waals surface area contributed by atoms with Crippen LogP contribution >= 0.6 is 15.9 Å². The van der Waals surface area contributed by atoms with E-state index in [2.05, 4.69) is 26.1 Å². The number of H-pyrrole nitrogens is 1. The van der Waals surface area contributed by atoms with Gasteiger partial charge in [-0.1, -0.05) is 15.9 Å². The van der Waals surface area contributed by atoms with Gasteiger partial charge in [0, 0.05) is 24.6 Å². The van der Waals surface area contributed by atoms with Gasteiger partial charge in [-0.05, 0) is 18.8 Å². The molecule has 0 aromatic carbocycles. The molecule has 0 amide bonds. The molecule has 0 atom stereocenters. The molecule has 90 valence electrons. The number of sulfonamides is 1. The molecule has 1 aliphatic rings. The van der Waals surface area contributed by atoms with Crippen molar-refractivity contribution in [3.63, 3.8) is 0 Å². The highest BCUT2D eigenvalue weighted by Gasteiger charge is 2.31. The zero-order chi connectivity index (χ0) is 11.8. The van der Waals surface area contributed by atoms with E-state index in [1.165, 1.54) is 16.7 Å². The third-order valence-corrected chi connectivity index (χ3v) is 5.41. The Morgan fingerprint density at radius 1 is 1.62 bits per heavy atom. The first-order valence-electron chi connectivity index (χ1n) is 5.09. The fourth-order valence-corrected chi connectivity index (χ4v) is 4.04. The summed E-state index contributed by atoms with van der Waals surface area (Å²) in [6.07, 6.45) is 4.83. The summed E-state index contributed by atoms with van der Waals surface area (Å²) in [4.78, 5) is 0.784. The standard InChI is InChI=1S/C9H14BrN3O2S/c1-13(6-7-2-8(10)3-7)16(14,15)9-4-11-12-5-9/h4-5,7-8H,2-3,6H2,1H3,(H,11,12). The lowest BCUT2D eigenvalue weighted by Crippen LogP contribution is -2.37. The Morgan fingerprint density at radius 2 is 2.31 bits per heavy atom. The number of aromatic nitrogens is 2. The lowest BCUT2D eigenvalue weighted by molar-refractivity contribution is 0.275. The van der Waals surface area contributed by atoms with E-state index in [1.54, 1.807) is 7.05 Å². The highest BCUT2D eigenvalue weighted by atomic mass is 79.9. The average Bonchev–Trinajstić information content (AvgIpc) is 2.68. The Labute approximate surface area is 103 Å². The van der Waals surface area contributed by atoms with E-state index >= 15 is 0 Å². The normalized spacial score (nSPS) is 25.7. The number of hydrogen-bond donors (Lipinski definition) is 1. The minimum atomic E-state index is -3.36. The van der Waals surface area contributed by atoms with Crippen molar-refractivity contribution >= 4 is 26.0 Å². The Morgan fingerprint density at radius 3 is 2.81 bits per heavy atom. The number of nitrogens with zero attached hydrogens (tertiary/aromatic N) is 2. The van der Waals surface area contributed by atoms with Gasteiger partial charge in [-0.15, -0.1) is 0 Å². The Bertz CT molecular complexity index is 439. The van der Waals surface area contributed by atoms with E-state index in [1.807, 2.05) is 0 Å². The van der Waals surface area contributed by atoms with Crippen molar-refractivity contribution in [2.24, 2.45) is 5.92 Å². The molecule has 16 heavy (non-hydrogen) atoms. The van der Waals surface area contributed by atoms with Crippen LogP contribution in [-0.4, -0.2) is 41.3 Å². The molecule has 0 spiro atoms. The summed E-state index contributed by atoms with van der Waals surface area (Å²) >= 11 is 3.50. The van der Waals surface area contributed by atoms with Crippen molar-refractivity contribution in [3.05, 3.63) is 12.4 Å². The van der Waals surface area contributed by atoms with Crippen LogP contribution < -0.4 is 0 Å². The lowest BCUT2D eigenvalue weighted by Gasteiger charge is -2.33. The highest BCUT2D eigenvalue weighted by Crippen LogP contribution is 2.34. The second kappa shape index (κ2) is 4.46. The van der Waals surface area contributed by atoms with Crippen LogP contribution in [0.5, 0.6) is 0 Å². The zero-order valence-corrected chi connectivity index (χ0v) is 11.3. The molecule has 1 N–H and O–H groups in total. The van der Waals surface area contributed by atoms with Crippen LogP contribution in [0.1, 0.15) is 12.8 Å². The van der Waals surface area contributed by atoms with Gasteiger partial charge in [0.2, 0.25) is 10.0 Å². The molecule has 2 rings (SSSR count). The molecule has 1 fully saturated rings. The average molecular weight is 308 g/mol. The number of halogens is 1. The number of alkyl halides is 1. The SMILES string of the molecule is CN(CC1CC(Br)C1)S(=O)(=O)c1cn[nH]c1. The van der Waals surface area contributed by atoms with Gasteiger partial charge in [0.15, 0.2) is 0 Å². The number of nitrogens with one attached hydrogen (secondary N) is 1. The molecule has 5 nitrogen and oxygen atoms in total. The minimum Gasteiger partial charge on any atom is -0.284 e. The van der Waals surface area contributed by atoms with Gasteiger partial charge in [0.1, 0.15) is 4.90 Å². The van der Waals surface area contributed by atoms with Crippen molar-refractivity contribution in [2.75, 3.05) is 13.6 Å². The molecule has 7 heteroatoms. The van der Waals surface area contributed by atoms with Crippen molar-refractivity contribution < 1.29 is 8.42 Å². The van der Waals surface area contributed by atoms with Gasteiger partial charge >= 0.3 is 0 Å². The maximum absolute atomic E-state index is 12.0. The zero-order valence-electron chi connectivity index (χ0n) is 8.93. The van der Waals surface area contributed by atoms with Crippen LogP contribution in [0.3, 0.4) is 0 Å². The van der Waals surface area contributed by atoms with Crippen LogP contribution in [0.4, 0.5) is 0 Å². The smallest absolute Gasteiger partial charge is 0.245 e. The summed E-state index contributed by atoms with van der Waals surface area (Å²) < 4.78 is 25.4. The molecule has 1 saturated carbocycles. The van der Waals surface area contributed by atoms with Gasteiger partial charge in [-0.3, -0.25) is 5.10 Å². The quantitative estimate of drug-likeness (QED) is 0.850. The largest absolute Gasteiger partial charge is 0.284 e. The maximum atomic E-state index is 12.0. The van der Waals surface area contributed by atoms with Crippen LogP contribution in [0.2, 0.25) is 0 Å². The van der Waals surface area contributed by atoms with E-state index in [-0.39, 0.29) is 4.90 Å². The number of hydrogen-bond acceptors (Lipinski definition) is 3. The third-order valence-electron chi connectivity index (χ3n) is 2.87. The van der Waals surface area contributed by atoms with E-state index in [4.69, 9.17) is 0 Å². The van der Waals surface area contributed by atoms with Gasteiger partial charge < -0.3 is 0 Å². The van der Waals surface area contributed by atoms with E-state index in [9.17, 15) is 8.42 Å². The predicted molar refractivity (Wildman–Crippen MR) is 63.8 cm³/mol. The molecular formula is C9H14BrN3O2S. The Kier molecular flexibility index (Phi) is 3.37. The van der Waals surface area contributed by atoms with E-state index in [0.29, 0.717) is 17.3 Å². The first-order chi connectivity index (χ1) is 7.50.